The van der Waals surface area contributed by atoms with Crippen LogP contribution in [0.25, 0.3) is 0 Å². The van der Waals surface area contributed by atoms with Crippen molar-refractivity contribution < 1.29 is 27.4 Å². The first-order chi connectivity index (χ1) is 10.4. The molecule has 1 aromatic rings. The lowest BCUT2D eigenvalue weighted by molar-refractivity contribution is -0.208. The van der Waals surface area contributed by atoms with E-state index in [9.17, 15) is 13.2 Å². The van der Waals surface area contributed by atoms with Crippen LogP contribution in [-0.4, -0.2) is 28.7 Å². The van der Waals surface area contributed by atoms with E-state index < -0.39 is 24.1 Å². The molecule has 0 N–H and O–H groups in total. The van der Waals surface area contributed by atoms with Gasteiger partial charge in [-0.3, -0.25) is 0 Å². The van der Waals surface area contributed by atoms with E-state index in [1.807, 2.05) is 0 Å². The Balaban J connectivity index is 1.70. The summed E-state index contributed by atoms with van der Waals surface area (Å²) in [7, 11) is 0. The molecule has 122 valence electrons. The molecule has 1 aliphatic carbocycles. The van der Waals surface area contributed by atoms with Gasteiger partial charge in [-0.2, -0.15) is 18.2 Å². The van der Waals surface area contributed by atoms with Crippen LogP contribution in [0.15, 0.2) is 6.07 Å². The molecule has 5 nitrogen and oxygen atoms in total. The van der Waals surface area contributed by atoms with Crippen LogP contribution in [0, 0.1) is 0 Å². The van der Waals surface area contributed by atoms with Crippen molar-refractivity contribution in [2.24, 2.45) is 0 Å². The summed E-state index contributed by atoms with van der Waals surface area (Å²) in [5, 5.41) is -0.344. The molecule has 1 atom stereocenters. The SMILES string of the molecule is FC(F)(F)c1nc(Cl)cc(OC2COC3(CCCCC3)O2)n1. The number of hydrogen-bond donors (Lipinski definition) is 0. The third-order valence-electron chi connectivity index (χ3n) is 3.62. The van der Waals surface area contributed by atoms with E-state index in [0.717, 1.165) is 38.2 Å². The minimum absolute atomic E-state index is 0.142. The summed E-state index contributed by atoms with van der Waals surface area (Å²) in [6.45, 7) is 0.142. The first-order valence-electron chi connectivity index (χ1n) is 6.97. The molecule has 1 aliphatic heterocycles. The Morgan fingerprint density at radius 2 is 1.95 bits per heavy atom. The van der Waals surface area contributed by atoms with Gasteiger partial charge < -0.3 is 14.2 Å². The van der Waals surface area contributed by atoms with Crippen molar-refractivity contribution in [3.8, 4) is 5.88 Å². The van der Waals surface area contributed by atoms with Crippen LogP contribution in [0.3, 0.4) is 0 Å². The molecule has 1 spiro atoms. The number of aromatic nitrogens is 2. The number of ether oxygens (including phenoxy) is 3. The van der Waals surface area contributed by atoms with Gasteiger partial charge in [0.2, 0.25) is 18.0 Å². The third-order valence-corrected chi connectivity index (χ3v) is 3.81. The number of alkyl halides is 3. The van der Waals surface area contributed by atoms with E-state index >= 15 is 0 Å². The highest BCUT2D eigenvalue weighted by Gasteiger charge is 2.43. The average Bonchev–Trinajstić information content (AvgIpc) is 2.80. The molecule has 1 saturated carbocycles. The molecule has 0 amide bonds. The lowest BCUT2D eigenvalue weighted by atomic mass is 9.94. The molecule has 1 aromatic heterocycles. The molecular formula is C13H14ClF3N2O3. The smallest absolute Gasteiger partial charge is 0.445 e. The van der Waals surface area contributed by atoms with Crippen molar-refractivity contribution in [3.63, 3.8) is 0 Å². The monoisotopic (exact) mass is 338 g/mol. The minimum atomic E-state index is -4.69. The average molecular weight is 339 g/mol. The quantitative estimate of drug-likeness (QED) is 0.772. The Labute approximate surface area is 129 Å². The third kappa shape index (κ3) is 3.44. The Morgan fingerprint density at radius 1 is 1.23 bits per heavy atom. The predicted molar refractivity (Wildman–Crippen MR) is 69.3 cm³/mol. The maximum atomic E-state index is 12.7. The highest BCUT2D eigenvalue weighted by atomic mass is 35.5. The zero-order chi connectivity index (χ0) is 15.8. The van der Waals surface area contributed by atoms with E-state index in [1.165, 1.54) is 0 Å². The molecule has 2 heterocycles. The van der Waals surface area contributed by atoms with Crippen LogP contribution in [0.1, 0.15) is 37.9 Å². The van der Waals surface area contributed by atoms with Crippen molar-refractivity contribution in [1.29, 1.82) is 0 Å². The molecule has 0 aromatic carbocycles. The van der Waals surface area contributed by atoms with Crippen LogP contribution in [0.5, 0.6) is 5.88 Å². The van der Waals surface area contributed by atoms with Crippen molar-refractivity contribution in [3.05, 3.63) is 17.0 Å². The maximum absolute atomic E-state index is 12.7. The first kappa shape index (κ1) is 15.8. The topological polar surface area (TPSA) is 53.5 Å². The lowest BCUT2D eigenvalue weighted by Gasteiger charge is -2.31. The summed E-state index contributed by atoms with van der Waals surface area (Å²) < 4.78 is 54.7. The van der Waals surface area contributed by atoms with Gasteiger partial charge in [-0.25, -0.2) is 4.98 Å². The Morgan fingerprint density at radius 3 is 2.64 bits per heavy atom. The zero-order valence-corrected chi connectivity index (χ0v) is 12.3. The van der Waals surface area contributed by atoms with E-state index in [1.54, 1.807) is 0 Å². The van der Waals surface area contributed by atoms with E-state index in [2.05, 4.69) is 9.97 Å². The number of hydrogen-bond acceptors (Lipinski definition) is 5. The largest absolute Gasteiger partial charge is 0.451 e. The highest BCUT2D eigenvalue weighted by molar-refractivity contribution is 6.29. The normalized spacial score (nSPS) is 24.6. The van der Waals surface area contributed by atoms with Crippen LogP contribution in [0.2, 0.25) is 5.15 Å². The van der Waals surface area contributed by atoms with Crippen LogP contribution in [0.4, 0.5) is 13.2 Å². The van der Waals surface area contributed by atoms with Crippen LogP contribution in [-0.2, 0) is 15.7 Å². The Bertz CT molecular complexity index is 550. The second-order valence-electron chi connectivity index (χ2n) is 5.30. The Hall–Kier alpha value is -1.12. The second-order valence-corrected chi connectivity index (χ2v) is 5.69. The van der Waals surface area contributed by atoms with Crippen molar-refractivity contribution in [2.45, 2.75) is 50.4 Å². The molecule has 1 unspecified atom stereocenters. The second kappa shape index (κ2) is 5.82. The van der Waals surface area contributed by atoms with Gasteiger partial charge >= 0.3 is 6.18 Å². The summed E-state index contributed by atoms with van der Waals surface area (Å²) >= 11 is 5.58. The van der Waals surface area contributed by atoms with Gasteiger partial charge in [0, 0.05) is 18.9 Å². The van der Waals surface area contributed by atoms with E-state index in [0.29, 0.717) is 0 Å². The summed E-state index contributed by atoms with van der Waals surface area (Å²) in [4.78, 5) is 6.46. The van der Waals surface area contributed by atoms with Crippen LogP contribution >= 0.6 is 11.6 Å². The highest BCUT2D eigenvalue weighted by Crippen LogP contribution is 2.38. The fourth-order valence-corrected chi connectivity index (χ4v) is 2.83. The predicted octanol–water partition coefficient (Wildman–Crippen LogP) is 3.56. The summed E-state index contributed by atoms with van der Waals surface area (Å²) in [5.41, 5.74) is 0. The maximum Gasteiger partial charge on any atom is 0.451 e. The van der Waals surface area contributed by atoms with Gasteiger partial charge in [0.25, 0.3) is 0 Å². The molecule has 2 fully saturated rings. The fraction of sp³-hybridized carbons (Fsp3) is 0.692. The molecule has 2 aliphatic rings. The number of halogens is 4. The molecule has 0 radical (unpaired) electrons. The number of rotatable bonds is 2. The van der Waals surface area contributed by atoms with Gasteiger partial charge in [-0.15, -0.1) is 0 Å². The zero-order valence-electron chi connectivity index (χ0n) is 11.5. The van der Waals surface area contributed by atoms with Crippen molar-refractivity contribution >= 4 is 11.6 Å². The summed E-state index contributed by atoms with van der Waals surface area (Å²) in [6.07, 6.45) is -0.882. The van der Waals surface area contributed by atoms with Gasteiger partial charge in [-0.1, -0.05) is 18.0 Å². The van der Waals surface area contributed by atoms with Gasteiger partial charge in [-0.05, 0) is 12.8 Å². The molecule has 22 heavy (non-hydrogen) atoms. The van der Waals surface area contributed by atoms with Crippen molar-refractivity contribution in [1.82, 2.24) is 9.97 Å². The molecule has 9 heteroatoms. The Kier molecular flexibility index (Phi) is 4.17. The summed E-state index contributed by atoms with van der Waals surface area (Å²) in [6, 6.07) is 1.12. The van der Waals surface area contributed by atoms with Gasteiger partial charge in [0.05, 0.1) is 0 Å². The lowest BCUT2D eigenvalue weighted by Crippen LogP contribution is -2.34. The summed E-state index contributed by atoms with van der Waals surface area (Å²) in [5.74, 6) is -2.30. The van der Waals surface area contributed by atoms with E-state index in [-0.39, 0.29) is 17.6 Å². The van der Waals surface area contributed by atoms with E-state index in [4.69, 9.17) is 25.8 Å². The first-order valence-corrected chi connectivity index (χ1v) is 7.34. The standard InChI is InChI=1S/C13H14ClF3N2O3/c14-8-6-9(19-11(18-8)13(15,16)17)21-10-7-20-12(22-10)4-2-1-3-5-12/h6,10H,1-5,7H2. The molecule has 1 saturated heterocycles. The molecule has 3 rings (SSSR count). The van der Waals surface area contributed by atoms with Crippen molar-refractivity contribution in [2.75, 3.05) is 6.61 Å². The molecule has 0 bridgehead atoms. The minimum Gasteiger partial charge on any atom is -0.445 e. The molecular weight excluding hydrogens is 325 g/mol. The van der Waals surface area contributed by atoms with Gasteiger partial charge in [0.1, 0.15) is 11.8 Å². The fourth-order valence-electron chi connectivity index (χ4n) is 2.66. The van der Waals surface area contributed by atoms with Gasteiger partial charge in [0.15, 0.2) is 5.79 Å². The van der Waals surface area contributed by atoms with Crippen LogP contribution < -0.4 is 4.74 Å². The number of nitrogens with zero attached hydrogens (tertiary/aromatic N) is 2.